The van der Waals surface area contributed by atoms with Crippen LogP contribution in [0.25, 0.3) is 17.0 Å². The molecule has 1 fully saturated rings. The van der Waals surface area contributed by atoms with Crippen LogP contribution in [-0.4, -0.2) is 47.7 Å². The van der Waals surface area contributed by atoms with Crippen molar-refractivity contribution in [3.63, 3.8) is 0 Å². The topological polar surface area (TPSA) is 85.8 Å². The van der Waals surface area contributed by atoms with E-state index < -0.39 is 0 Å². The van der Waals surface area contributed by atoms with Gasteiger partial charge >= 0.3 is 0 Å². The highest BCUT2D eigenvalue weighted by Crippen LogP contribution is 2.33. The average Bonchev–Trinajstić information content (AvgIpc) is 3.47. The second-order valence-electron chi connectivity index (χ2n) is 7.41. The van der Waals surface area contributed by atoms with Crippen molar-refractivity contribution in [3.05, 3.63) is 34.8 Å². The normalized spacial score (nSPS) is 15.6. The van der Waals surface area contributed by atoms with Gasteiger partial charge in [0.1, 0.15) is 10.9 Å². The van der Waals surface area contributed by atoms with E-state index in [2.05, 4.69) is 49.5 Å². The fraction of sp³-hybridized carbons (Fsp3) is 0.421. The van der Waals surface area contributed by atoms with Crippen LogP contribution in [0.2, 0.25) is 0 Å². The molecule has 0 aliphatic carbocycles. The summed E-state index contributed by atoms with van der Waals surface area (Å²) in [4.78, 5) is 0. The molecule has 8 nitrogen and oxygen atoms in total. The van der Waals surface area contributed by atoms with Gasteiger partial charge in [0.25, 0.3) is 0 Å². The van der Waals surface area contributed by atoms with Crippen molar-refractivity contribution in [3.8, 4) is 11.4 Å². The summed E-state index contributed by atoms with van der Waals surface area (Å²) >= 11 is 3.17. The first-order valence-electron chi connectivity index (χ1n) is 9.79. The van der Waals surface area contributed by atoms with Crippen LogP contribution in [0.3, 0.4) is 0 Å². The molecule has 1 N–H and O–H groups in total. The van der Waals surface area contributed by atoms with Gasteiger partial charge < -0.3 is 9.88 Å². The number of nitrogens with one attached hydrogen (secondary N) is 1. The monoisotopic (exact) mass is 426 g/mol. The van der Waals surface area contributed by atoms with E-state index in [1.165, 1.54) is 0 Å². The van der Waals surface area contributed by atoms with Gasteiger partial charge in [-0.1, -0.05) is 0 Å². The second kappa shape index (κ2) is 7.85. The van der Waals surface area contributed by atoms with Crippen LogP contribution in [0.15, 0.2) is 39.1 Å². The highest BCUT2D eigenvalue weighted by atomic mass is 32.2. The van der Waals surface area contributed by atoms with Gasteiger partial charge in [-0.3, -0.25) is 0 Å². The zero-order valence-corrected chi connectivity index (χ0v) is 17.9. The quantitative estimate of drug-likeness (QED) is 0.521. The Kier molecular flexibility index (Phi) is 5.06. The molecular weight excluding hydrogens is 404 g/mol. The van der Waals surface area contributed by atoms with E-state index in [0.717, 1.165) is 59.0 Å². The van der Waals surface area contributed by atoms with Crippen LogP contribution in [0, 0.1) is 0 Å². The number of piperidine rings is 1. The molecule has 5 heterocycles. The summed E-state index contributed by atoms with van der Waals surface area (Å²) in [7, 11) is 0. The maximum Gasteiger partial charge on any atom is 0.197 e. The van der Waals surface area contributed by atoms with Gasteiger partial charge in [0.2, 0.25) is 0 Å². The Bertz CT molecular complexity index is 1110. The molecule has 10 heteroatoms. The Morgan fingerprint density at radius 1 is 1.10 bits per heavy atom. The molecule has 0 saturated carbocycles. The molecule has 0 spiro atoms. The largest absolute Gasteiger partial charge is 0.317 e. The standard InChI is InChI=1S/C19H22N8S2/c1-12(2)26-17(13-5-8-20-9-6-13)22-24-19(26)29-16-4-3-15-21-23-18(27(15)25-16)14-7-10-28-11-14/h3-4,7,10-13,20H,5-6,8-9H2,1-2H3. The van der Waals surface area contributed by atoms with Crippen molar-refractivity contribution in [2.24, 2.45) is 0 Å². The minimum absolute atomic E-state index is 0.289. The average molecular weight is 427 g/mol. The van der Waals surface area contributed by atoms with Crippen LogP contribution in [-0.2, 0) is 0 Å². The summed E-state index contributed by atoms with van der Waals surface area (Å²) in [5.74, 6) is 2.30. The summed E-state index contributed by atoms with van der Waals surface area (Å²) in [6.45, 7) is 6.44. The smallest absolute Gasteiger partial charge is 0.197 e. The van der Waals surface area contributed by atoms with Gasteiger partial charge in [-0.05, 0) is 75.1 Å². The highest BCUT2D eigenvalue weighted by molar-refractivity contribution is 7.99. The van der Waals surface area contributed by atoms with E-state index >= 15 is 0 Å². The Hall–Kier alpha value is -2.30. The number of thiophene rings is 1. The number of rotatable bonds is 5. The predicted molar refractivity (Wildman–Crippen MR) is 113 cm³/mol. The van der Waals surface area contributed by atoms with Gasteiger partial charge in [0, 0.05) is 22.9 Å². The van der Waals surface area contributed by atoms with Crippen LogP contribution in [0.4, 0.5) is 0 Å². The van der Waals surface area contributed by atoms with Crippen molar-refractivity contribution in [2.45, 2.75) is 48.8 Å². The Morgan fingerprint density at radius 3 is 2.72 bits per heavy atom. The van der Waals surface area contributed by atoms with Crippen LogP contribution >= 0.6 is 23.1 Å². The Morgan fingerprint density at radius 2 is 1.97 bits per heavy atom. The summed E-state index contributed by atoms with van der Waals surface area (Å²) in [5.41, 5.74) is 1.76. The maximum atomic E-state index is 4.78. The fourth-order valence-corrected chi connectivity index (χ4v) is 5.26. The number of fused-ring (bicyclic) bond motifs is 1. The molecule has 0 bridgehead atoms. The molecule has 1 aliphatic rings. The second-order valence-corrected chi connectivity index (χ2v) is 9.18. The molecule has 0 aromatic carbocycles. The Balaban J connectivity index is 1.49. The number of nitrogens with zero attached hydrogens (tertiary/aromatic N) is 7. The summed E-state index contributed by atoms with van der Waals surface area (Å²) in [5, 5.41) is 31.7. The van der Waals surface area contributed by atoms with Crippen LogP contribution < -0.4 is 5.32 Å². The molecule has 0 radical (unpaired) electrons. The molecule has 1 saturated heterocycles. The molecular formula is C19H22N8S2. The van der Waals surface area contributed by atoms with E-state index in [1.807, 2.05) is 23.6 Å². The molecule has 1 aliphatic heterocycles. The van der Waals surface area contributed by atoms with Crippen LogP contribution in [0.1, 0.15) is 44.5 Å². The molecule has 29 heavy (non-hydrogen) atoms. The molecule has 4 aromatic rings. The molecule has 4 aromatic heterocycles. The van der Waals surface area contributed by atoms with Crippen LogP contribution in [0.5, 0.6) is 0 Å². The van der Waals surface area contributed by atoms with E-state index in [0.29, 0.717) is 5.92 Å². The van der Waals surface area contributed by atoms with Crippen molar-refractivity contribution < 1.29 is 0 Å². The van der Waals surface area contributed by atoms with Crippen molar-refractivity contribution in [1.29, 1.82) is 0 Å². The molecule has 0 unspecified atom stereocenters. The lowest BCUT2D eigenvalue weighted by Gasteiger charge is -2.24. The first-order valence-corrected chi connectivity index (χ1v) is 11.5. The molecule has 5 rings (SSSR count). The van der Waals surface area contributed by atoms with E-state index in [1.54, 1.807) is 27.6 Å². The summed E-state index contributed by atoms with van der Waals surface area (Å²) in [6, 6.07) is 6.23. The summed E-state index contributed by atoms with van der Waals surface area (Å²) in [6.07, 6.45) is 2.20. The number of hydrogen-bond donors (Lipinski definition) is 1. The maximum absolute atomic E-state index is 4.78. The Labute approximate surface area is 176 Å². The van der Waals surface area contributed by atoms with Gasteiger partial charge in [0.15, 0.2) is 16.6 Å². The van der Waals surface area contributed by atoms with E-state index in [4.69, 9.17) is 5.10 Å². The van der Waals surface area contributed by atoms with Gasteiger partial charge in [-0.2, -0.15) is 21.0 Å². The lowest BCUT2D eigenvalue weighted by atomic mass is 9.97. The van der Waals surface area contributed by atoms with Crippen molar-refractivity contribution in [1.82, 2.24) is 39.9 Å². The minimum atomic E-state index is 0.289. The third-order valence-corrected chi connectivity index (χ3v) is 6.70. The lowest BCUT2D eigenvalue weighted by molar-refractivity contribution is 0.412. The lowest BCUT2D eigenvalue weighted by Crippen LogP contribution is -2.28. The molecule has 0 amide bonds. The number of hydrogen-bond acceptors (Lipinski definition) is 8. The summed E-state index contributed by atoms with van der Waals surface area (Å²) < 4.78 is 4.06. The van der Waals surface area contributed by atoms with Gasteiger partial charge in [-0.15, -0.1) is 20.4 Å². The van der Waals surface area contributed by atoms with Crippen molar-refractivity contribution in [2.75, 3.05) is 13.1 Å². The number of aromatic nitrogens is 7. The molecule has 0 atom stereocenters. The van der Waals surface area contributed by atoms with Gasteiger partial charge in [-0.25, -0.2) is 0 Å². The zero-order chi connectivity index (χ0) is 19.8. The fourth-order valence-electron chi connectivity index (χ4n) is 3.69. The highest BCUT2D eigenvalue weighted by Gasteiger charge is 2.25. The third-order valence-electron chi connectivity index (χ3n) is 5.13. The first-order chi connectivity index (χ1) is 14.2. The first kappa shape index (κ1) is 18.7. The SMILES string of the molecule is CC(C)n1c(Sc2ccc3nnc(-c4ccsc4)n3n2)nnc1C1CCNCC1. The zero-order valence-electron chi connectivity index (χ0n) is 16.3. The minimum Gasteiger partial charge on any atom is -0.317 e. The molecule has 150 valence electrons. The van der Waals surface area contributed by atoms with Crippen molar-refractivity contribution >= 4 is 28.7 Å². The van der Waals surface area contributed by atoms with E-state index in [-0.39, 0.29) is 6.04 Å². The third kappa shape index (κ3) is 3.56. The predicted octanol–water partition coefficient (Wildman–Crippen LogP) is 3.64. The van der Waals surface area contributed by atoms with Gasteiger partial charge in [0.05, 0.1) is 0 Å². The van der Waals surface area contributed by atoms with E-state index in [9.17, 15) is 0 Å².